The molecule has 0 radical (unpaired) electrons. The Morgan fingerprint density at radius 3 is 2.56 bits per heavy atom. The minimum Gasteiger partial charge on any atom is -0.483 e. The Labute approximate surface area is 214 Å². The lowest BCUT2D eigenvalue weighted by Gasteiger charge is -2.20. The van der Waals surface area contributed by atoms with E-state index in [0.717, 1.165) is 5.75 Å². The number of carbonyl (C=O) groups is 1. The molecule has 0 fully saturated rings. The number of hydrogen-bond donors (Lipinski definition) is 1. The van der Waals surface area contributed by atoms with Gasteiger partial charge in [-0.2, -0.15) is 0 Å². The third-order valence-electron chi connectivity index (χ3n) is 4.99. The van der Waals surface area contributed by atoms with Crippen LogP contribution in [0.4, 0.5) is 5.69 Å². The maximum atomic E-state index is 12.5. The van der Waals surface area contributed by atoms with Crippen LogP contribution in [0.25, 0.3) is 0 Å². The summed E-state index contributed by atoms with van der Waals surface area (Å²) >= 11 is 13.4. The number of rotatable bonds is 9. The lowest BCUT2D eigenvalue weighted by molar-refractivity contribution is -0.113. The number of hydrogen-bond acceptors (Lipinski definition) is 5. The molecule has 1 atom stereocenters. The van der Waals surface area contributed by atoms with Gasteiger partial charge >= 0.3 is 0 Å². The summed E-state index contributed by atoms with van der Waals surface area (Å²) in [6.07, 6.45) is 1.41. The van der Waals surface area contributed by atoms with Crippen LogP contribution < -0.4 is 10.1 Å². The molecule has 3 aromatic rings. The Morgan fingerprint density at radius 1 is 1.21 bits per heavy atom. The quantitative estimate of drug-likeness (QED) is 0.245. The second-order valence-electron chi connectivity index (χ2n) is 8.74. The zero-order valence-electron chi connectivity index (χ0n) is 19.6. The number of aromatic nitrogens is 3. The molecule has 180 valence electrons. The Kier molecular flexibility index (Phi) is 8.68. The molecule has 6 nitrogen and oxygen atoms in total. The SMILES string of the molecule is C=CCn1c(SCC(=O)Nc2cc(Cl)ccc2Cl)nnc1C(C)Oc1ccc(C(C)(C)C)cc1. The van der Waals surface area contributed by atoms with E-state index in [1.807, 2.05) is 23.6 Å². The first-order chi connectivity index (χ1) is 16.1. The number of allylic oxidation sites excluding steroid dienone is 1. The van der Waals surface area contributed by atoms with Gasteiger partial charge in [-0.25, -0.2) is 0 Å². The van der Waals surface area contributed by atoms with Crippen molar-refractivity contribution in [2.24, 2.45) is 0 Å². The fraction of sp³-hybridized carbons (Fsp3) is 0.320. The normalized spacial score (nSPS) is 12.3. The van der Waals surface area contributed by atoms with Crippen molar-refractivity contribution in [1.82, 2.24) is 14.8 Å². The van der Waals surface area contributed by atoms with Crippen molar-refractivity contribution < 1.29 is 9.53 Å². The van der Waals surface area contributed by atoms with Crippen LogP contribution in [-0.2, 0) is 16.8 Å². The van der Waals surface area contributed by atoms with Gasteiger partial charge in [0.2, 0.25) is 5.91 Å². The summed E-state index contributed by atoms with van der Waals surface area (Å²) in [5.41, 5.74) is 1.77. The Morgan fingerprint density at radius 2 is 1.91 bits per heavy atom. The van der Waals surface area contributed by atoms with Crippen molar-refractivity contribution in [3.8, 4) is 5.75 Å². The van der Waals surface area contributed by atoms with E-state index < -0.39 is 0 Å². The van der Waals surface area contributed by atoms with Crippen LogP contribution in [0.5, 0.6) is 5.75 Å². The molecule has 1 N–H and O–H groups in total. The maximum absolute atomic E-state index is 12.5. The second kappa shape index (κ2) is 11.3. The molecule has 1 amide bonds. The van der Waals surface area contributed by atoms with Gasteiger partial charge < -0.3 is 10.1 Å². The summed E-state index contributed by atoms with van der Waals surface area (Å²) < 4.78 is 8.02. The number of anilines is 1. The number of amides is 1. The highest BCUT2D eigenvalue weighted by atomic mass is 35.5. The maximum Gasteiger partial charge on any atom is 0.234 e. The molecule has 0 aliphatic carbocycles. The number of thioether (sulfide) groups is 1. The lowest BCUT2D eigenvalue weighted by Crippen LogP contribution is -2.16. The third kappa shape index (κ3) is 6.78. The molecule has 34 heavy (non-hydrogen) atoms. The Hall–Kier alpha value is -2.48. The van der Waals surface area contributed by atoms with Crippen LogP contribution in [0.2, 0.25) is 10.0 Å². The molecule has 0 spiro atoms. The van der Waals surface area contributed by atoms with E-state index in [-0.39, 0.29) is 23.2 Å². The van der Waals surface area contributed by atoms with Gasteiger partial charge in [-0.15, -0.1) is 16.8 Å². The molecule has 2 aromatic carbocycles. The summed E-state index contributed by atoms with van der Waals surface area (Å²) in [7, 11) is 0. The number of carbonyl (C=O) groups excluding carboxylic acids is 1. The van der Waals surface area contributed by atoms with Gasteiger partial charge in [-0.05, 0) is 48.2 Å². The van der Waals surface area contributed by atoms with E-state index in [9.17, 15) is 4.79 Å². The largest absolute Gasteiger partial charge is 0.483 e. The van der Waals surface area contributed by atoms with Gasteiger partial charge in [-0.1, -0.05) is 73.9 Å². The molecule has 0 bridgehead atoms. The molecule has 0 aliphatic rings. The van der Waals surface area contributed by atoms with E-state index in [0.29, 0.717) is 33.3 Å². The molecule has 9 heteroatoms. The van der Waals surface area contributed by atoms with Crippen molar-refractivity contribution in [3.05, 3.63) is 76.6 Å². The van der Waals surface area contributed by atoms with Crippen LogP contribution in [-0.4, -0.2) is 26.4 Å². The van der Waals surface area contributed by atoms with Gasteiger partial charge in [0.15, 0.2) is 17.1 Å². The van der Waals surface area contributed by atoms with E-state index >= 15 is 0 Å². The van der Waals surface area contributed by atoms with Crippen LogP contribution in [0.3, 0.4) is 0 Å². The average Bonchev–Trinajstić information content (AvgIpc) is 3.17. The van der Waals surface area contributed by atoms with E-state index in [1.165, 1.54) is 17.3 Å². The summed E-state index contributed by atoms with van der Waals surface area (Å²) in [5.74, 6) is 1.30. The number of halogens is 2. The predicted molar refractivity (Wildman–Crippen MR) is 140 cm³/mol. The molecule has 0 saturated carbocycles. The van der Waals surface area contributed by atoms with Gasteiger partial charge in [-0.3, -0.25) is 9.36 Å². The fourth-order valence-corrected chi connectivity index (χ4v) is 4.30. The van der Waals surface area contributed by atoms with Crippen molar-refractivity contribution in [2.45, 2.75) is 50.9 Å². The lowest BCUT2D eigenvalue weighted by atomic mass is 9.87. The topological polar surface area (TPSA) is 69.0 Å². The average molecular weight is 519 g/mol. The smallest absolute Gasteiger partial charge is 0.234 e. The monoisotopic (exact) mass is 518 g/mol. The molecule has 0 aliphatic heterocycles. The highest BCUT2D eigenvalue weighted by molar-refractivity contribution is 7.99. The van der Waals surface area contributed by atoms with Crippen LogP contribution >= 0.6 is 35.0 Å². The van der Waals surface area contributed by atoms with Crippen molar-refractivity contribution in [2.75, 3.05) is 11.1 Å². The molecular formula is C25H28Cl2N4O2S. The first kappa shape index (κ1) is 26.1. The molecule has 1 aromatic heterocycles. The number of nitrogens with one attached hydrogen (secondary N) is 1. The van der Waals surface area contributed by atoms with Gasteiger partial charge in [0.05, 0.1) is 16.5 Å². The van der Waals surface area contributed by atoms with Crippen LogP contribution in [0, 0.1) is 0 Å². The minimum atomic E-state index is -0.346. The van der Waals surface area contributed by atoms with Crippen molar-refractivity contribution in [1.29, 1.82) is 0 Å². The molecule has 1 unspecified atom stereocenters. The minimum absolute atomic E-state index is 0.0742. The Bertz CT molecular complexity index is 1160. The molecule has 3 rings (SSSR count). The molecule has 0 saturated heterocycles. The highest BCUT2D eigenvalue weighted by Crippen LogP contribution is 2.29. The van der Waals surface area contributed by atoms with Crippen molar-refractivity contribution >= 4 is 46.6 Å². The van der Waals surface area contributed by atoms with Crippen LogP contribution in [0.15, 0.2) is 60.3 Å². The zero-order chi connectivity index (χ0) is 24.9. The van der Waals surface area contributed by atoms with E-state index in [1.54, 1.807) is 24.3 Å². The van der Waals surface area contributed by atoms with Gasteiger partial charge in [0.1, 0.15) is 5.75 Å². The summed E-state index contributed by atoms with van der Waals surface area (Å²) in [5, 5.41) is 12.9. The highest BCUT2D eigenvalue weighted by Gasteiger charge is 2.20. The van der Waals surface area contributed by atoms with E-state index in [4.69, 9.17) is 27.9 Å². The predicted octanol–water partition coefficient (Wildman–Crippen LogP) is 6.94. The standard InChI is InChI=1S/C25H28Cl2N4O2S/c1-6-13-31-23(16(2)33-19-10-7-17(8-11-19)25(3,4)5)29-30-24(31)34-15-22(32)28-21-14-18(26)9-12-20(21)27/h6-12,14,16H,1,13,15H2,2-5H3,(H,28,32). The van der Waals surface area contributed by atoms with Crippen molar-refractivity contribution in [3.63, 3.8) is 0 Å². The first-order valence-corrected chi connectivity index (χ1v) is 12.5. The summed E-state index contributed by atoms with van der Waals surface area (Å²) in [6, 6.07) is 13.0. The Balaban J connectivity index is 1.68. The van der Waals surface area contributed by atoms with Crippen LogP contribution in [0.1, 0.15) is 45.2 Å². The summed E-state index contributed by atoms with van der Waals surface area (Å²) in [6.45, 7) is 12.8. The molecular weight excluding hydrogens is 491 g/mol. The van der Waals surface area contributed by atoms with E-state index in [2.05, 4.69) is 55.0 Å². The van der Waals surface area contributed by atoms with Gasteiger partial charge in [0.25, 0.3) is 0 Å². The number of benzene rings is 2. The first-order valence-electron chi connectivity index (χ1n) is 10.8. The summed E-state index contributed by atoms with van der Waals surface area (Å²) in [4.78, 5) is 12.5. The molecule has 1 heterocycles. The zero-order valence-corrected chi connectivity index (χ0v) is 22.0. The number of nitrogens with zero attached hydrogens (tertiary/aromatic N) is 3. The fourth-order valence-electron chi connectivity index (χ4n) is 3.21. The number of ether oxygens (including phenoxy) is 1. The second-order valence-corrected chi connectivity index (χ2v) is 10.5. The van der Waals surface area contributed by atoms with Gasteiger partial charge in [0, 0.05) is 11.6 Å². The third-order valence-corrected chi connectivity index (χ3v) is 6.52.